The Morgan fingerprint density at radius 2 is 2.15 bits per heavy atom. The number of piperidine rings is 1. The molecule has 0 bridgehead atoms. The minimum absolute atomic E-state index is 0.0478. The third-order valence-corrected chi connectivity index (χ3v) is 5.59. The summed E-state index contributed by atoms with van der Waals surface area (Å²) < 4.78 is 5.92. The number of aryl methyl sites for hydroxylation is 1. The zero-order valence-corrected chi connectivity index (χ0v) is 16.6. The summed E-state index contributed by atoms with van der Waals surface area (Å²) in [4.78, 5) is 19.5. The molecule has 1 fully saturated rings. The van der Waals surface area contributed by atoms with Crippen LogP contribution in [0, 0.1) is 12.8 Å². The molecule has 140 valence electrons. The molecule has 2 aromatic rings. The van der Waals surface area contributed by atoms with Crippen molar-refractivity contribution < 1.29 is 9.21 Å². The molecule has 0 aliphatic carbocycles. The zero-order chi connectivity index (χ0) is 18.5. The van der Waals surface area contributed by atoms with Gasteiger partial charge in [0.2, 0.25) is 11.8 Å². The van der Waals surface area contributed by atoms with Crippen molar-refractivity contribution in [1.82, 2.24) is 15.2 Å². The van der Waals surface area contributed by atoms with E-state index < -0.39 is 0 Å². The van der Waals surface area contributed by atoms with Gasteiger partial charge in [0.25, 0.3) is 0 Å². The minimum atomic E-state index is 0.0478. The van der Waals surface area contributed by atoms with Crippen molar-refractivity contribution in [1.29, 1.82) is 0 Å². The maximum Gasteiger partial charge on any atom is 0.226 e. The Morgan fingerprint density at radius 1 is 1.38 bits per heavy atom. The average Bonchev–Trinajstić information content (AvgIpc) is 3.01. The van der Waals surface area contributed by atoms with Crippen molar-refractivity contribution in [2.45, 2.75) is 38.1 Å². The van der Waals surface area contributed by atoms with Gasteiger partial charge in [-0.05, 0) is 62.7 Å². The van der Waals surface area contributed by atoms with Crippen LogP contribution in [-0.4, -0.2) is 41.7 Å². The first kappa shape index (κ1) is 19.0. The zero-order valence-electron chi connectivity index (χ0n) is 15.7. The molecular formula is C20H27N3O2S. The van der Waals surface area contributed by atoms with E-state index in [1.54, 1.807) is 18.7 Å². The molecule has 2 heterocycles. The van der Waals surface area contributed by atoms with Crippen LogP contribution in [0.1, 0.15) is 31.2 Å². The predicted octanol–water partition coefficient (Wildman–Crippen LogP) is 3.72. The third-order valence-electron chi connectivity index (χ3n) is 4.85. The van der Waals surface area contributed by atoms with E-state index in [0.717, 1.165) is 49.6 Å². The molecule has 1 aliphatic rings. The van der Waals surface area contributed by atoms with E-state index in [2.05, 4.69) is 40.7 Å². The fourth-order valence-corrected chi connectivity index (χ4v) is 3.80. The molecule has 0 unspecified atom stereocenters. The molecule has 3 rings (SSSR count). The van der Waals surface area contributed by atoms with Gasteiger partial charge in [-0.3, -0.25) is 9.69 Å². The molecular weight excluding hydrogens is 346 g/mol. The standard InChI is InChI=1S/C20H27N3O2S/c1-14-19(13-23-10-4-5-16(12-23)11-21-15(2)24)22-20(25-14)17-6-8-18(26-3)9-7-17/h6-9,16H,4-5,10-13H2,1-3H3,(H,21,24)/t16-/m0/s1. The smallest absolute Gasteiger partial charge is 0.226 e. The van der Waals surface area contributed by atoms with Gasteiger partial charge in [-0.15, -0.1) is 11.8 Å². The van der Waals surface area contributed by atoms with Crippen LogP contribution in [0.15, 0.2) is 33.6 Å². The SMILES string of the molecule is CSc1ccc(-c2nc(CN3CCC[C@@H](CNC(C)=O)C3)c(C)o2)cc1. The summed E-state index contributed by atoms with van der Waals surface area (Å²) in [5.41, 5.74) is 2.02. The lowest BCUT2D eigenvalue weighted by molar-refractivity contribution is -0.119. The van der Waals surface area contributed by atoms with Crippen molar-refractivity contribution in [2.75, 3.05) is 25.9 Å². The van der Waals surface area contributed by atoms with Crippen LogP contribution < -0.4 is 5.32 Å². The molecule has 6 heteroatoms. The number of hydrogen-bond acceptors (Lipinski definition) is 5. The van der Waals surface area contributed by atoms with Gasteiger partial charge in [-0.1, -0.05) is 0 Å². The number of carbonyl (C=O) groups excluding carboxylic acids is 1. The number of benzene rings is 1. The van der Waals surface area contributed by atoms with E-state index in [1.807, 2.05) is 6.92 Å². The summed E-state index contributed by atoms with van der Waals surface area (Å²) >= 11 is 1.73. The highest BCUT2D eigenvalue weighted by Crippen LogP contribution is 2.26. The molecule has 26 heavy (non-hydrogen) atoms. The highest BCUT2D eigenvalue weighted by molar-refractivity contribution is 7.98. The summed E-state index contributed by atoms with van der Waals surface area (Å²) in [6.07, 6.45) is 4.39. The number of carbonyl (C=O) groups is 1. The van der Waals surface area contributed by atoms with Gasteiger partial charge < -0.3 is 9.73 Å². The number of nitrogens with one attached hydrogen (secondary N) is 1. The van der Waals surface area contributed by atoms with Crippen LogP contribution in [0.5, 0.6) is 0 Å². The Kier molecular flexibility index (Phi) is 6.38. The van der Waals surface area contributed by atoms with Crippen LogP contribution in [0.4, 0.5) is 0 Å². The van der Waals surface area contributed by atoms with Crippen molar-refractivity contribution >= 4 is 17.7 Å². The molecule has 1 aromatic carbocycles. The van der Waals surface area contributed by atoms with Gasteiger partial charge in [0.15, 0.2) is 0 Å². The van der Waals surface area contributed by atoms with Crippen LogP contribution in [-0.2, 0) is 11.3 Å². The first-order valence-electron chi connectivity index (χ1n) is 9.12. The quantitative estimate of drug-likeness (QED) is 0.782. The lowest BCUT2D eigenvalue weighted by atomic mass is 9.98. The lowest BCUT2D eigenvalue weighted by Gasteiger charge is -2.32. The first-order chi connectivity index (χ1) is 12.5. The number of nitrogens with zero attached hydrogens (tertiary/aromatic N) is 2. The normalized spacial score (nSPS) is 18.0. The van der Waals surface area contributed by atoms with Gasteiger partial charge in [0, 0.05) is 37.0 Å². The van der Waals surface area contributed by atoms with Gasteiger partial charge in [0.05, 0.1) is 5.69 Å². The molecule has 0 radical (unpaired) electrons. The second-order valence-corrected chi connectivity index (χ2v) is 7.81. The van der Waals surface area contributed by atoms with Crippen molar-refractivity contribution in [3.63, 3.8) is 0 Å². The van der Waals surface area contributed by atoms with E-state index in [0.29, 0.717) is 11.8 Å². The Balaban J connectivity index is 1.64. The van der Waals surface area contributed by atoms with E-state index in [4.69, 9.17) is 9.40 Å². The van der Waals surface area contributed by atoms with Crippen LogP contribution >= 0.6 is 11.8 Å². The number of hydrogen-bond donors (Lipinski definition) is 1. The number of amides is 1. The summed E-state index contributed by atoms with van der Waals surface area (Å²) in [6, 6.07) is 8.31. The minimum Gasteiger partial charge on any atom is -0.441 e. The maximum absolute atomic E-state index is 11.1. The van der Waals surface area contributed by atoms with E-state index in [9.17, 15) is 4.79 Å². The molecule has 1 aliphatic heterocycles. The molecule has 1 atom stereocenters. The number of aromatic nitrogens is 1. The van der Waals surface area contributed by atoms with Gasteiger partial charge in [0.1, 0.15) is 5.76 Å². The van der Waals surface area contributed by atoms with E-state index in [-0.39, 0.29) is 5.91 Å². The highest BCUT2D eigenvalue weighted by atomic mass is 32.2. The first-order valence-corrected chi connectivity index (χ1v) is 10.3. The molecule has 0 saturated carbocycles. The highest BCUT2D eigenvalue weighted by Gasteiger charge is 2.22. The number of thioether (sulfide) groups is 1. The molecule has 1 amide bonds. The van der Waals surface area contributed by atoms with Crippen molar-refractivity contribution in [2.24, 2.45) is 5.92 Å². The summed E-state index contributed by atoms with van der Waals surface area (Å²) in [6.45, 7) is 7.18. The van der Waals surface area contributed by atoms with E-state index in [1.165, 1.54) is 11.3 Å². The fourth-order valence-electron chi connectivity index (χ4n) is 3.39. The van der Waals surface area contributed by atoms with Crippen molar-refractivity contribution in [3.05, 3.63) is 35.7 Å². The fraction of sp³-hybridized carbons (Fsp3) is 0.500. The second kappa shape index (κ2) is 8.73. The third kappa shape index (κ3) is 4.89. The lowest BCUT2D eigenvalue weighted by Crippen LogP contribution is -2.40. The van der Waals surface area contributed by atoms with Gasteiger partial charge in [-0.2, -0.15) is 0 Å². The second-order valence-electron chi connectivity index (χ2n) is 6.93. The monoisotopic (exact) mass is 373 g/mol. The molecule has 1 aromatic heterocycles. The number of oxazole rings is 1. The summed E-state index contributed by atoms with van der Waals surface area (Å²) in [5, 5.41) is 2.94. The number of likely N-dealkylation sites (tertiary alicyclic amines) is 1. The van der Waals surface area contributed by atoms with Crippen LogP contribution in [0.25, 0.3) is 11.5 Å². The topological polar surface area (TPSA) is 58.4 Å². The van der Waals surface area contributed by atoms with Crippen molar-refractivity contribution in [3.8, 4) is 11.5 Å². The Morgan fingerprint density at radius 3 is 2.85 bits per heavy atom. The van der Waals surface area contributed by atoms with Gasteiger partial charge in [-0.25, -0.2) is 4.98 Å². The maximum atomic E-state index is 11.1. The summed E-state index contributed by atoms with van der Waals surface area (Å²) in [7, 11) is 0. The van der Waals surface area contributed by atoms with Crippen LogP contribution in [0.2, 0.25) is 0 Å². The largest absolute Gasteiger partial charge is 0.441 e. The Hall–Kier alpha value is -1.79. The molecule has 5 nitrogen and oxygen atoms in total. The summed E-state index contributed by atoms with van der Waals surface area (Å²) in [5.74, 6) is 2.14. The Labute approximate surface area is 159 Å². The molecule has 0 spiro atoms. The Bertz CT molecular complexity index is 742. The molecule has 1 N–H and O–H groups in total. The predicted molar refractivity (Wildman–Crippen MR) is 105 cm³/mol. The van der Waals surface area contributed by atoms with E-state index >= 15 is 0 Å². The molecule has 1 saturated heterocycles. The van der Waals surface area contributed by atoms with Gasteiger partial charge >= 0.3 is 0 Å². The van der Waals surface area contributed by atoms with Crippen LogP contribution in [0.3, 0.4) is 0 Å². The average molecular weight is 374 g/mol. The number of rotatable bonds is 6.